The molecule has 0 aromatic carbocycles. The fourth-order valence-corrected chi connectivity index (χ4v) is 3.43. The molecule has 0 spiro atoms. The van der Waals surface area contributed by atoms with Gasteiger partial charge in [-0.05, 0) is 39.8 Å². The van der Waals surface area contributed by atoms with Crippen LogP contribution in [-0.4, -0.2) is 35.6 Å². The van der Waals surface area contributed by atoms with Crippen molar-refractivity contribution in [3.63, 3.8) is 0 Å². The molecule has 0 amide bonds. The van der Waals surface area contributed by atoms with Crippen LogP contribution in [0, 0.1) is 0 Å². The van der Waals surface area contributed by atoms with E-state index in [4.69, 9.17) is 10.7 Å². The predicted molar refractivity (Wildman–Crippen MR) is 73.6 cm³/mol. The average Bonchev–Trinajstić information content (AvgIpc) is 2.78. The molecule has 3 nitrogen and oxygen atoms in total. The van der Waals surface area contributed by atoms with Crippen LogP contribution in [0.1, 0.15) is 43.3 Å². The summed E-state index contributed by atoms with van der Waals surface area (Å²) in [6, 6.07) is 0.654. The first-order valence-electron chi connectivity index (χ1n) is 6.59. The molecule has 1 aliphatic heterocycles. The van der Waals surface area contributed by atoms with Gasteiger partial charge in [-0.2, -0.15) is 0 Å². The van der Waals surface area contributed by atoms with E-state index in [0.29, 0.717) is 18.5 Å². The third-order valence-electron chi connectivity index (χ3n) is 3.50. The molecule has 4 heteroatoms. The van der Waals surface area contributed by atoms with Gasteiger partial charge in [-0.15, -0.1) is 11.3 Å². The van der Waals surface area contributed by atoms with Crippen LogP contribution in [0.5, 0.6) is 0 Å². The summed E-state index contributed by atoms with van der Waals surface area (Å²) in [7, 11) is 0. The van der Waals surface area contributed by atoms with Gasteiger partial charge >= 0.3 is 0 Å². The van der Waals surface area contributed by atoms with Gasteiger partial charge in [0.2, 0.25) is 0 Å². The van der Waals surface area contributed by atoms with Crippen molar-refractivity contribution in [1.82, 2.24) is 9.88 Å². The fraction of sp³-hybridized carbons (Fsp3) is 0.769. The maximum atomic E-state index is 5.57. The van der Waals surface area contributed by atoms with Crippen molar-refractivity contribution in [2.24, 2.45) is 5.73 Å². The lowest BCUT2D eigenvalue weighted by Gasteiger charge is -2.34. The second-order valence-corrected chi connectivity index (χ2v) is 6.03. The molecule has 1 atom stereocenters. The Morgan fingerprint density at radius 2 is 2.41 bits per heavy atom. The molecule has 2 heterocycles. The summed E-state index contributed by atoms with van der Waals surface area (Å²) in [6.45, 7) is 7.68. The van der Waals surface area contributed by atoms with Crippen LogP contribution in [0.25, 0.3) is 0 Å². The lowest BCUT2D eigenvalue weighted by molar-refractivity contribution is 0.167. The molecule has 0 aliphatic carbocycles. The minimum Gasteiger partial charge on any atom is -0.330 e. The molecule has 2 rings (SSSR count). The smallest absolute Gasteiger partial charge is 0.0972 e. The molecule has 2 N–H and O–H groups in total. The van der Waals surface area contributed by atoms with Gasteiger partial charge in [-0.3, -0.25) is 0 Å². The zero-order valence-corrected chi connectivity index (χ0v) is 11.7. The number of hydrogen-bond donors (Lipinski definition) is 1. The number of aromatic nitrogens is 1. The standard InChI is InChI=1S/C13H23N3S/c1-10(2)16-7-3-4-11(8-16)13-15-12(5-6-14)9-17-13/h9-11H,3-8,14H2,1-2H3. The van der Waals surface area contributed by atoms with E-state index in [2.05, 4.69) is 24.1 Å². The van der Waals surface area contributed by atoms with Crippen molar-refractivity contribution in [3.05, 3.63) is 16.1 Å². The minimum absolute atomic E-state index is 0.641. The van der Waals surface area contributed by atoms with Gasteiger partial charge in [-0.25, -0.2) is 4.98 Å². The highest BCUT2D eigenvalue weighted by molar-refractivity contribution is 7.09. The monoisotopic (exact) mass is 253 g/mol. The van der Waals surface area contributed by atoms with Gasteiger partial charge in [0.05, 0.1) is 10.7 Å². The highest BCUT2D eigenvalue weighted by Gasteiger charge is 2.24. The van der Waals surface area contributed by atoms with E-state index in [9.17, 15) is 0 Å². The largest absolute Gasteiger partial charge is 0.330 e. The lowest BCUT2D eigenvalue weighted by Crippen LogP contribution is -2.39. The molecule has 1 saturated heterocycles. The Labute approximate surface area is 108 Å². The van der Waals surface area contributed by atoms with Crippen LogP contribution in [0.2, 0.25) is 0 Å². The average molecular weight is 253 g/mol. The van der Waals surface area contributed by atoms with E-state index in [1.165, 1.54) is 36.6 Å². The number of nitrogens with two attached hydrogens (primary N) is 1. The summed E-state index contributed by atoms with van der Waals surface area (Å²) in [6.07, 6.45) is 3.50. The number of rotatable bonds is 4. The molecule has 0 radical (unpaired) electrons. The van der Waals surface area contributed by atoms with Crippen molar-refractivity contribution < 1.29 is 0 Å². The van der Waals surface area contributed by atoms with Gasteiger partial charge in [0.25, 0.3) is 0 Å². The molecule has 17 heavy (non-hydrogen) atoms. The van der Waals surface area contributed by atoms with E-state index in [0.717, 1.165) is 6.42 Å². The van der Waals surface area contributed by atoms with E-state index in [-0.39, 0.29) is 0 Å². The summed E-state index contributed by atoms with van der Waals surface area (Å²) in [5.74, 6) is 0.641. The van der Waals surface area contributed by atoms with Gasteiger partial charge in [0, 0.05) is 30.3 Å². The molecule has 1 unspecified atom stereocenters. The molecule has 1 aliphatic rings. The number of thiazole rings is 1. The summed E-state index contributed by atoms with van der Waals surface area (Å²) in [4.78, 5) is 7.30. The molecule has 1 fully saturated rings. The van der Waals surface area contributed by atoms with Crippen LogP contribution in [0.3, 0.4) is 0 Å². The third-order valence-corrected chi connectivity index (χ3v) is 4.56. The molecule has 0 saturated carbocycles. The minimum atomic E-state index is 0.641. The molecule has 0 bridgehead atoms. The maximum Gasteiger partial charge on any atom is 0.0972 e. The zero-order chi connectivity index (χ0) is 12.3. The Balaban J connectivity index is 2.00. The molecular weight excluding hydrogens is 230 g/mol. The van der Waals surface area contributed by atoms with Crippen LogP contribution < -0.4 is 5.73 Å². The molecule has 1 aromatic heterocycles. The second-order valence-electron chi connectivity index (χ2n) is 5.14. The third kappa shape index (κ3) is 3.27. The number of piperidine rings is 1. The highest BCUT2D eigenvalue weighted by Crippen LogP contribution is 2.30. The van der Waals surface area contributed by atoms with Gasteiger partial charge in [-0.1, -0.05) is 0 Å². The van der Waals surface area contributed by atoms with E-state index in [1.807, 2.05) is 11.3 Å². The van der Waals surface area contributed by atoms with Gasteiger partial charge in [0.1, 0.15) is 0 Å². The van der Waals surface area contributed by atoms with Crippen molar-refractivity contribution in [2.45, 2.75) is 45.1 Å². The Morgan fingerprint density at radius 3 is 3.12 bits per heavy atom. The predicted octanol–water partition coefficient (Wildman–Crippen LogP) is 2.23. The SMILES string of the molecule is CC(C)N1CCCC(c2nc(CCN)cs2)C1. The number of nitrogens with zero attached hydrogens (tertiary/aromatic N) is 2. The van der Waals surface area contributed by atoms with Crippen LogP contribution in [0.15, 0.2) is 5.38 Å². The topological polar surface area (TPSA) is 42.2 Å². The summed E-state index contributed by atoms with van der Waals surface area (Å²) in [5.41, 5.74) is 6.74. The zero-order valence-electron chi connectivity index (χ0n) is 10.9. The highest BCUT2D eigenvalue weighted by atomic mass is 32.1. The van der Waals surface area contributed by atoms with Crippen LogP contribution in [0.4, 0.5) is 0 Å². The van der Waals surface area contributed by atoms with Crippen LogP contribution in [-0.2, 0) is 6.42 Å². The van der Waals surface area contributed by atoms with Gasteiger partial charge in [0.15, 0.2) is 0 Å². The number of hydrogen-bond acceptors (Lipinski definition) is 4. The first-order valence-corrected chi connectivity index (χ1v) is 7.47. The first kappa shape index (κ1) is 13.0. The molecular formula is C13H23N3S. The molecule has 1 aromatic rings. The summed E-state index contributed by atoms with van der Waals surface area (Å²) in [5, 5.41) is 3.50. The summed E-state index contributed by atoms with van der Waals surface area (Å²) >= 11 is 1.82. The Morgan fingerprint density at radius 1 is 1.59 bits per heavy atom. The Bertz CT molecular complexity index is 348. The maximum absolute atomic E-state index is 5.57. The second kappa shape index (κ2) is 5.94. The first-order chi connectivity index (χ1) is 8.20. The van der Waals surface area contributed by atoms with Crippen molar-refractivity contribution in [2.75, 3.05) is 19.6 Å². The van der Waals surface area contributed by atoms with Crippen molar-refractivity contribution >= 4 is 11.3 Å². The van der Waals surface area contributed by atoms with E-state index in [1.54, 1.807) is 0 Å². The molecule has 96 valence electrons. The van der Waals surface area contributed by atoms with E-state index < -0.39 is 0 Å². The van der Waals surface area contributed by atoms with Gasteiger partial charge < -0.3 is 10.6 Å². The fourth-order valence-electron chi connectivity index (χ4n) is 2.45. The number of likely N-dealkylation sites (tertiary alicyclic amines) is 1. The van der Waals surface area contributed by atoms with E-state index >= 15 is 0 Å². The quantitative estimate of drug-likeness (QED) is 0.895. The van der Waals surface area contributed by atoms with Crippen molar-refractivity contribution in [3.8, 4) is 0 Å². The summed E-state index contributed by atoms with van der Waals surface area (Å²) < 4.78 is 0. The van der Waals surface area contributed by atoms with Crippen LogP contribution >= 0.6 is 11.3 Å². The normalized spacial score (nSPS) is 22.2. The Hall–Kier alpha value is -0.450. The lowest BCUT2D eigenvalue weighted by atomic mass is 9.98. The van der Waals surface area contributed by atoms with Crippen molar-refractivity contribution in [1.29, 1.82) is 0 Å². The Kier molecular flexibility index (Phi) is 4.54.